The number of nitrogens with one attached hydrogen (secondary N) is 1. The van der Waals surface area contributed by atoms with Gasteiger partial charge in [-0.1, -0.05) is 60.7 Å². The molecular weight excluding hydrogens is 382 g/mol. The Balaban J connectivity index is 1.42. The van der Waals surface area contributed by atoms with Gasteiger partial charge in [-0.2, -0.15) is 0 Å². The van der Waals surface area contributed by atoms with Crippen molar-refractivity contribution in [3.05, 3.63) is 84.0 Å². The molecule has 31 heavy (non-hydrogen) atoms. The largest absolute Gasteiger partial charge is 0.484 e. The van der Waals surface area contributed by atoms with Gasteiger partial charge < -0.3 is 15.0 Å². The zero-order valence-corrected chi connectivity index (χ0v) is 18.7. The maximum Gasteiger partial charge on any atom is 0.143 e. The molecule has 4 nitrogen and oxygen atoms in total. The number of rotatable bonds is 9. The Morgan fingerprint density at radius 1 is 0.935 bits per heavy atom. The quantitative estimate of drug-likeness (QED) is 0.633. The molecule has 2 aromatic rings. The van der Waals surface area contributed by atoms with Crippen molar-refractivity contribution in [1.29, 1.82) is 0 Å². The van der Waals surface area contributed by atoms with E-state index >= 15 is 0 Å². The van der Waals surface area contributed by atoms with Gasteiger partial charge in [0.2, 0.25) is 0 Å². The molecule has 4 heteroatoms. The van der Waals surface area contributed by atoms with Gasteiger partial charge >= 0.3 is 0 Å². The van der Waals surface area contributed by atoms with Crippen molar-refractivity contribution in [1.82, 2.24) is 10.2 Å². The third kappa shape index (κ3) is 5.99. The fraction of sp³-hybridized carbons (Fsp3) is 0.407. The second-order valence-corrected chi connectivity index (χ2v) is 8.40. The van der Waals surface area contributed by atoms with Gasteiger partial charge in [-0.15, -0.1) is 0 Å². The molecule has 4 rings (SSSR count). The molecule has 0 bridgehead atoms. The molecule has 1 N–H and O–H groups in total. The average Bonchev–Trinajstić information content (AvgIpc) is 2.84. The van der Waals surface area contributed by atoms with E-state index in [9.17, 15) is 0 Å². The highest BCUT2D eigenvalue weighted by Crippen LogP contribution is 2.33. The Kier molecular flexibility index (Phi) is 7.81. The van der Waals surface area contributed by atoms with Crippen LogP contribution in [0.2, 0.25) is 0 Å². The molecule has 0 saturated carbocycles. The maximum atomic E-state index is 6.62. The molecule has 2 aliphatic rings. The molecule has 0 aromatic heterocycles. The van der Waals surface area contributed by atoms with Crippen LogP contribution in [0.3, 0.4) is 0 Å². The Labute approximate surface area is 187 Å². The van der Waals surface area contributed by atoms with Gasteiger partial charge in [-0.3, -0.25) is 4.90 Å². The highest BCUT2D eigenvalue weighted by molar-refractivity contribution is 5.59. The van der Waals surface area contributed by atoms with Crippen LogP contribution in [0.25, 0.3) is 0 Å². The van der Waals surface area contributed by atoms with E-state index in [-0.39, 0.29) is 6.10 Å². The number of hydrogen-bond donors (Lipinski definition) is 1. The highest BCUT2D eigenvalue weighted by Gasteiger charge is 2.22. The second-order valence-electron chi connectivity index (χ2n) is 8.40. The van der Waals surface area contributed by atoms with Gasteiger partial charge in [0.25, 0.3) is 0 Å². The highest BCUT2D eigenvalue weighted by atomic mass is 16.5. The minimum Gasteiger partial charge on any atom is -0.484 e. The van der Waals surface area contributed by atoms with Gasteiger partial charge in [0.15, 0.2) is 0 Å². The SMILES string of the molecule is CNCCC(Oc1ccccc1N1CCN(CC2=CCCC=C2)CC1)c1ccccc1. The molecule has 1 aliphatic carbocycles. The van der Waals surface area contributed by atoms with Gasteiger partial charge in [-0.05, 0) is 49.7 Å². The van der Waals surface area contributed by atoms with E-state index in [1.165, 1.54) is 29.7 Å². The van der Waals surface area contributed by atoms with Crippen molar-refractivity contribution in [3.63, 3.8) is 0 Å². The summed E-state index contributed by atoms with van der Waals surface area (Å²) in [7, 11) is 1.99. The summed E-state index contributed by atoms with van der Waals surface area (Å²) in [5, 5.41) is 3.26. The van der Waals surface area contributed by atoms with Gasteiger partial charge in [0.05, 0.1) is 5.69 Å². The number of hydrogen-bond acceptors (Lipinski definition) is 4. The van der Waals surface area contributed by atoms with Crippen LogP contribution in [0, 0.1) is 0 Å². The zero-order valence-electron chi connectivity index (χ0n) is 18.7. The lowest BCUT2D eigenvalue weighted by Crippen LogP contribution is -2.47. The lowest BCUT2D eigenvalue weighted by atomic mass is 10.1. The summed E-state index contributed by atoms with van der Waals surface area (Å²) in [4.78, 5) is 5.05. The van der Waals surface area contributed by atoms with E-state index in [1.807, 2.05) is 7.05 Å². The van der Waals surface area contributed by atoms with Crippen LogP contribution in [-0.4, -0.2) is 51.2 Å². The van der Waals surface area contributed by atoms with Crippen LogP contribution in [0.15, 0.2) is 78.4 Å². The predicted octanol–water partition coefficient (Wildman–Crippen LogP) is 4.81. The van der Waals surface area contributed by atoms with Crippen molar-refractivity contribution in [2.45, 2.75) is 25.4 Å². The van der Waals surface area contributed by atoms with Crippen LogP contribution in [0.5, 0.6) is 5.75 Å². The number of anilines is 1. The molecule has 1 saturated heterocycles. The van der Waals surface area contributed by atoms with Gasteiger partial charge in [0, 0.05) is 39.1 Å². The fourth-order valence-electron chi connectivity index (χ4n) is 4.40. The van der Waals surface area contributed by atoms with Crippen LogP contribution < -0.4 is 15.0 Å². The molecule has 1 aliphatic heterocycles. The molecule has 1 fully saturated rings. The van der Waals surface area contributed by atoms with Crippen molar-refractivity contribution in [2.75, 3.05) is 51.2 Å². The van der Waals surface area contributed by atoms with Crippen LogP contribution >= 0.6 is 0 Å². The number of piperazine rings is 1. The summed E-state index contributed by atoms with van der Waals surface area (Å²) < 4.78 is 6.62. The molecule has 0 spiro atoms. The van der Waals surface area contributed by atoms with E-state index in [4.69, 9.17) is 4.74 Å². The van der Waals surface area contributed by atoms with E-state index in [2.05, 4.69) is 87.9 Å². The molecule has 2 aromatic carbocycles. The summed E-state index contributed by atoms with van der Waals surface area (Å²) in [5.41, 5.74) is 3.91. The van der Waals surface area contributed by atoms with Gasteiger partial charge in [-0.25, -0.2) is 0 Å². The zero-order chi connectivity index (χ0) is 21.3. The van der Waals surface area contributed by atoms with E-state index in [0.29, 0.717) is 0 Å². The summed E-state index contributed by atoms with van der Waals surface area (Å²) in [6, 6.07) is 19.1. The third-order valence-electron chi connectivity index (χ3n) is 6.15. The Morgan fingerprint density at radius 3 is 2.45 bits per heavy atom. The molecule has 1 heterocycles. The summed E-state index contributed by atoms with van der Waals surface area (Å²) in [6.45, 7) is 6.23. The monoisotopic (exact) mass is 417 g/mol. The van der Waals surface area contributed by atoms with Crippen molar-refractivity contribution in [3.8, 4) is 5.75 Å². The number of para-hydroxylation sites is 2. The molecule has 0 radical (unpaired) electrons. The first-order chi connectivity index (χ1) is 15.3. The second kappa shape index (κ2) is 11.2. The van der Waals surface area contributed by atoms with Crippen molar-refractivity contribution >= 4 is 5.69 Å². The molecule has 1 unspecified atom stereocenters. The van der Waals surface area contributed by atoms with E-state index in [1.54, 1.807) is 0 Å². The first-order valence-corrected chi connectivity index (χ1v) is 11.6. The maximum absolute atomic E-state index is 6.62. The summed E-state index contributed by atoms with van der Waals surface area (Å²) in [6.07, 6.45) is 10.3. The molecule has 0 amide bonds. The Morgan fingerprint density at radius 2 is 1.71 bits per heavy atom. The predicted molar refractivity (Wildman–Crippen MR) is 130 cm³/mol. The lowest BCUT2D eigenvalue weighted by Gasteiger charge is -2.37. The number of benzene rings is 2. The van der Waals surface area contributed by atoms with Crippen LogP contribution in [-0.2, 0) is 0 Å². The Hall–Kier alpha value is -2.56. The standard InChI is InChI=1S/C27H35N3O/c1-28-17-16-26(24-12-6-3-7-13-24)31-27-15-9-8-14-25(27)30-20-18-29(19-21-30)22-23-10-4-2-5-11-23/h3-4,6-15,26,28H,2,5,16-22H2,1H3. The molecular formula is C27H35N3O. The average molecular weight is 418 g/mol. The topological polar surface area (TPSA) is 27.7 Å². The molecule has 1 atom stereocenters. The van der Waals surface area contributed by atoms with Gasteiger partial charge in [0.1, 0.15) is 11.9 Å². The normalized spacial score (nSPS) is 18.0. The third-order valence-corrected chi connectivity index (χ3v) is 6.15. The number of nitrogens with zero attached hydrogens (tertiary/aromatic N) is 2. The Bertz CT molecular complexity index is 869. The van der Waals surface area contributed by atoms with Crippen molar-refractivity contribution in [2.24, 2.45) is 0 Å². The summed E-state index contributed by atoms with van der Waals surface area (Å²) >= 11 is 0. The van der Waals surface area contributed by atoms with Crippen LogP contribution in [0.4, 0.5) is 5.69 Å². The van der Waals surface area contributed by atoms with Crippen LogP contribution in [0.1, 0.15) is 30.9 Å². The van der Waals surface area contributed by atoms with E-state index < -0.39 is 0 Å². The minimum atomic E-state index is 0.0427. The minimum absolute atomic E-state index is 0.0427. The number of allylic oxidation sites excluding steroid dienone is 2. The summed E-state index contributed by atoms with van der Waals surface area (Å²) in [5.74, 6) is 0.985. The van der Waals surface area contributed by atoms with Crippen molar-refractivity contribution < 1.29 is 4.74 Å². The first-order valence-electron chi connectivity index (χ1n) is 11.6. The smallest absolute Gasteiger partial charge is 0.143 e. The first kappa shape index (κ1) is 21.7. The molecule has 164 valence electrons. The fourth-order valence-corrected chi connectivity index (χ4v) is 4.40. The lowest BCUT2D eigenvalue weighted by molar-refractivity contribution is 0.194. The van der Waals surface area contributed by atoms with E-state index in [0.717, 1.165) is 51.4 Å². The number of ether oxygens (including phenoxy) is 1.